The van der Waals surface area contributed by atoms with Gasteiger partial charge in [-0.2, -0.15) is 0 Å². The number of esters is 1. The number of benzene rings is 3. The molecule has 1 aliphatic carbocycles. The third kappa shape index (κ3) is 3.74. The van der Waals surface area contributed by atoms with Crippen LogP contribution < -0.4 is 9.84 Å². The van der Waals surface area contributed by atoms with Crippen LogP contribution in [0.15, 0.2) is 78.9 Å². The molecule has 3 heterocycles. The van der Waals surface area contributed by atoms with E-state index in [1.807, 2.05) is 66.7 Å². The predicted octanol–water partition coefficient (Wildman–Crippen LogP) is 4.04. The van der Waals surface area contributed by atoms with E-state index >= 15 is 0 Å². The molecule has 3 aliphatic heterocycles. The van der Waals surface area contributed by atoms with Gasteiger partial charge in [0.05, 0.1) is 32.8 Å². The largest absolute Gasteiger partial charge is 0.834 e. The maximum atomic E-state index is 14.3. The highest BCUT2D eigenvalue weighted by Gasteiger charge is 2.53. The number of fused-ring (bicyclic) bond motifs is 6. The first-order chi connectivity index (χ1) is 17.0. The maximum Gasteiger partial charge on any atom is 0.304 e. The minimum atomic E-state index is -2.00. The van der Waals surface area contributed by atoms with Crippen molar-refractivity contribution in [3.8, 4) is 16.9 Å². The molecule has 0 atom stereocenters. The van der Waals surface area contributed by atoms with Crippen LogP contribution in [-0.4, -0.2) is 48.8 Å². The lowest BCUT2D eigenvalue weighted by molar-refractivity contribution is -0.945. The highest BCUT2D eigenvalue weighted by Crippen LogP contribution is 2.48. The van der Waals surface area contributed by atoms with Crippen molar-refractivity contribution in [2.24, 2.45) is 0 Å². The van der Waals surface area contributed by atoms with E-state index in [1.54, 1.807) is 12.1 Å². The van der Waals surface area contributed by atoms with Gasteiger partial charge in [-0.25, -0.2) is 0 Å². The normalized spacial score (nSPS) is 25.5. The van der Waals surface area contributed by atoms with Crippen LogP contribution in [0.2, 0.25) is 0 Å². The molecular formula is C30H31NO4. The first-order valence-electron chi connectivity index (χ1n) is 12.7. The van der Waals surface area contributed by atoms with Crippen LogP contribution in [0.1, 0.15) is 36.8 Å². The molecule has 0 spiro atoms. The minimum Gasteiger partial charge on any atom is -0.834 e. The monoisotopic (exact) mass is 469 g/mol. The Labute approximate surface area is 206 Å². The van der Waals surface area contributed by atoms with Crippen LogP contribution in [0, 0.1) is 0 Å². The summed E-state index contributed by atoms with van der Waals surface area (Å²) in [5, 5.41) is 14.3. The van der Waals surface area contributed by atoms with E-state index in [0.717, 1.165) is 73.2 Å². The molecule has 35 heavy (non-hydrogen) atoms. The zero-order valence-corrected chi connectivity index (χ0v) is 19.9. The van der Waals surface area contributed by atoms with Gasteiger partial charge < -0.3 is 19.1 Å². The molecule has 0 unspecified atom stereocenters. The lowest BCUT2D eigenvalue weighted by atomic mass is 9.80. The van der Waals surface area contributed by atoms with Crippen molar-refractivity contribution < 1.29 is 23.9 Å². The number of hydrogen-bond donors (Lipinski definition) is 0. The zero-order valence-electron chi connectivity index (χ0n) is 19.9. The van der Waals surface area contributed by atoms with Crippen molar-refractivity contribution in [2.75, 3.05) is 32.8 Å². The Morgan fingerprint density at radius 2 is 1.34 bits per heavy atom. The van der Waals surface area contributed by atoms with Gasteiger partial charge in [-0.3, -0.25) is 4.79 Å². The summed E-state index contributed by atoms with van der Waals surface area (Å²) in [6.45, 7) is 4.73. The quantitative estimate of drug-likeness (QED) is 0.298. The van der Waals surface area contributed by atoms with Gasteiger partial charge in [0.15, 0.2) is 0 Å². The van der Waals surface area contributed by atoms with Crippen LogP contribution in [0.4, 0.5) is 0 Å². The summed E-state index contributed by atoms with van der Waals surface area (Å²) in [7, 11) is 0. The summed E-state index contributed by atoms with van der Waals surface area (Å²) >= 11 is 0. The minimum absolute atomic E-state index is 0.512. The number of carbonyl (C=O) groups is 1. The van der Waals surface area contributed by atoms with Crippen molar-refractivity contribution >= 4 is 5.97 Å². The fourth-order valence-electron chi connectivity index (χ4n) is 6.31. The number of carbonyl (C=O) groups excluding carboxylic acids is 1. The number of rotatable bonds is 7. The third-order valence-electron chi connectivity index (χ3n) is 8.41. The van der Waals surface area contributed by atoms with Gasteiger partial charge in [-0.05, 0) is 34.4 Å². The summed E-state index contributed by atoms with van der Waals surface area (Å²) in [5.41, 5.74) is 0.191. The second-order valence-electron chi connectivity index (χ2n) is 10.3. The van der Waals surface area contributed by atoms with E-state index in [1.165, 1.54) is 0 Å². The third-order valence-corrected chi connectivity index (χ3v) is 8.41. The molecule has 3 saturated heterocycles. The van der Waals surface area contributed by atoms with Gasteiger partial charge in [-0.15, -0.1) is 0 Å². The summed E-state index contributed by atoms with van der Waals surface area (Å²) in [5.74, 6) is 0.269. The fraction of sp³-hybridized carbons (Fsp3) is 0.367. The smallest absolute Gasteiger partial charge is 0.304 e. The maximum absolute atomic E-state index is 14.3. The fourth-order valence-corrected chi connectivity index (χ4v) is 6.31. The standard InChI is InChI=1S/C30H31NO4/c32-28(30(33)26-13-6-4-11-24(26)25-12-5-7-14-27(25)30)35-29-15-19-31(20-16-29,21-17-29)18-8-22-34-23-9-2-1-3-10-23/h1-7,9-14H,8,15-22H2. The molecule has 5 nitrogen and oxygen atoms in total. The molecule has 180 valence electrons. The summed E-state index contributed by atoms with van der Waals surface area (Å²) in [6.07, 6.45) is 3.45. The average Bonchev–Trinajstić information content (AvgIpc) is 3.18. The molecule has 0 amide bonds. The molecule has 0 aromatic heterocycles. The number of quaternary nitrogens is 1. The molecule has 0 N–H and O–H groups in total. The molecule has 3 aromatic carbocycles. The first-order valence-corrected chi connectivity index (χ1v) is 12.7. The topological polar surface area (TPSA) is 58.6 Å². The first kappa shape index (κ1) is 22.3. The molecule has 2 bridgehead atoms. The predicted molar refractivity (Wildman–Crippen MR) is 132 cm³/mol. The van der Waals surface area contributed by atoms with Gasteiger partial charge in [0.1, 0.15) is 11.4 Å². The number of ether oxygens (including phenoxy) is 2. The van der Waals surface area contributed by atoms with Crippen LogP contribution >= 0.6 is 0 Å². The average molecular weight is 470 g/mol. The van der Waals surface area contributed by atoms with Crippen molar-refractivity contribution in [1.29, 1.82) is 0 Å². The Kier molecular flexibility index (Phi) is 5.42. The van der Waals surface area contributed by atoms with Gasteiger partial charge in [0.25, 0.3) is 0 Å². The Hall–Kier alpha value is -3.15. The van der Waals surface area contributed by atoms with Crippen LogP contribution in [-0.2, 0) is 15.1 Å². The molecule has 0 saturated carbocycles. The van der Waals surface area contributed by atoms with Gasteiger partial charge in [-0.1, -0.05) is 66.7 Å². The number of hydrogen-bond acceptors (Lipinski definition) is 4. The molecule has 0 radical (unpaired) electrons. The number of para-hydroxylation sites is 1. The highest BCUT2D eigenvalue weighted by atomic mass is 16.6. The zero-order chi connectivity index (χ0) is 23.9. The van der Waals surface area contributed by atoms with E-state index in [2.05, 4.69) is 0 Å². The lowest BCUT2D eigenvalue weighted by Crippen LogP contribution is -2.66. The molecule has 3 aromatic rings. The van der Waals surface area contributed by atoms with E-state index in [9.17, 15) is 9.90 Å². The number of piperidine rings is 3. The Balaban J connectivity index is 1.12. The van der Waals surface area contributed by atoms with E-state index in [4.69, 9.17) is 9.47 Å². The molecule has 4 aliphatic rings. The Morgan fingerprint density at radius 3 is 1.94 bits per heavy atom. The van der Waals surface area contributed by atoms with Crippen LogP contribution in [0.3, 0.4) is 0 Å². The van der Waals surface area contributed by atoms with Crippen molar-refractivity contribution in [3.05, 3.63) is 90.0 Å². The molecule has 3 fully saturated rings. The van der Waals surface area contributed by atoms with Gasteiger partial charge in [0, 0.05) is 31.3 Å². The van der Waals surface area contributed by atoms with E-state index in [0.29, 0.717) is 17.7 Å². The van der Waals surface area contributed by atoms with Crippen molar-refractivity contribution in [2.45, 2.75) is 36.9 Å². The summed E-state index contributed by atoms with van der Waals surface area (Å²) in [6, 6.07) is 24.8. The SMILES string of the molecule is O=C(OC12CC[N+](CCCOc3ccccc3)(CC1)CC2)C1([O-])c2ccccc2-c2ccccc21. The highest BCUT2D eigenvalue weighted by molar-refractivity contribution is 5.95. The van der Waals surface area contributed by atoms with Crippen LogP contribution in [0.5, 0.6) is 5.75 Å². The van der Waals surface area contributed by atoms with Gasteiger partial charge in [0.2, 0.25) is 0 Å². The Bertz CT molecular complexity index is 1170. The summed E-state index contributed by atoms with van der Waals surface area (Å²) in [4.78, 5) is 13.6. The van der Waals surface area contributed by atoms with E-state index in [-0.39, 0.29) is 0 Å². The molecule has 7 rings (SSSR count). The summed E-state index contributed by atoms with van der Waals surface area (Å²) < 4.78 is 13.2. The van der Waals surface area contributed by atoms with Gasteiger partial charge >= 0.3 is 5.97 Å². The van der Waals surface area contributed by atoms with E-state index < -0.39 is 17.2 Å². The molecule has 5 heteroatoms. The van der Waals surface area contributed by atoms with Crippen molar-refractivity contribution in [1.82, 2.24) is 0 Å². The number of nitrogens with zero attached hydrogens (tertiary/aromatic N) is 1. The van der Waals surface area contributed by atoms with Crippen molar-refractivity contribution in [3.63, 3.8) is 0 Å². The lowest BCUT2D eigenvalue weighted by Gasteiger charge is -2.55. The second kappa shape index (κ2) is 8.51. The van der Waals surface area contributed by atoms with Crippen LogP contribution in [0.25, 0.3) is 11.1 Å². The Morgan fingerprint density at radius 1 is 0.800 bits per heavy atom. The second-order valence-corrected chi connectivity index (χ2v) is 10.3. The molecular weight excluding hydrogens is 438 g/mol.